The minimum absolute atomic E-state index is 0.124. The number of hydrogen-bond donors (Lipinski definition) is 1. The summed E-state index contributed by atoms with van der Waals surface area (Å²) in [5, 5.41) is 13.6. The zero-order chi connectivity index (χ0) is 17.1. The summed E-state index contributed by atoms with van der Waals surface area (Å²) in [5.41, 5.74) is 0.932. The van der Waals surface area contributed by atoms with Crippen molar-refractivity contribution in [3.05, 3.63) is 42.1 Å². The molecule has 0 aliphatic carbocycles. The Kier molecular flexibility index (Phi) is 4.61. The number of carbonyl (C=O) groups excluding carboxylic acids is 2. The van der Waals surface area contributed by atoms with Gasteiger partial charge < -0.3 is 19.3 Å². The van der Waals surface area contributed by atoms with E-state index in [0.29, 0.717) is 12.2 Å². The second-order valence-electron chi connectivity index (χ2n) is 5.66. The first-order valence-corrected chi connectivity index (χ1v) is 7.69. The lowest BCUT2D eigenvalue weighted by atomic mass is 9.99. The van der Waals surface area contributed by atoms with Crippen LogP contribution >= 0.6 is 0 Å². The number of piperidine rings is 1. The van der Waals surface area contributed by atoms with Crippen molar-refractivity contribution in [1.82, 2.24) is 10.1 Å². The van der Waals surface area contributed by atoms with Crippen molar-refractivity contribution in [2.24, 2.45) is 0 Å². The number of aliphatic hydroxyl groups excluding tert-OH is 1. The van der Waals surface area contributed by atoms with Crippen molar-refractivity contribution in [3.63, 3.8) is 0 Å². The zero-order valence-electron chi connectivity index (χ0n) is 13.2. The first kappa shape index (κ1) is 16.2. The van der Waals surface area contributed by atoms with E-state index in [0.717, 1.165) is 5.56 Å². The van der Waals surface area contributed by atoms with Crippen LogP contribution in [0, 0.1) is 0 Å². The number of ether oxygens (including phenoxy) is 1. The fraction of sp³-hybridized carbons (Fsp3) is 0.353. The average Bonchev–Trinajstić information content (AvgIpc) is 3.11. The number of esters is 1. The Morgan fingerprint density at radius 2 is 2.08 bits per heavy atom. The molecule has 0 unspecified atom stereocenters. The van der Waals surface area contributed by atoms with Crippen LogP contribution in [-0.4, -0.2) is 52.8 Å². The highest BCUT2D eigenvalue weighted by Gasteiger charge is 2.37. The van der Waals surface area contributed by atoms with Crippen LogP contribution in [-0.2, 0) is 9.53 Å². The van der Waals surface area contributed by atoms with Crippen molar-refractivity contribution < 1.29 is 24.0 Å². The molecule has 0 spiro atoms. The van der Waals surface area contributed by atoms with Gasteiger partial charge in [-0.3, -0.25) is 4.79 Å². The maximum Gasteiger partial charge on any atom is 0.328 e. The number of aliphatic hydroxyl groups is 1. The van der Waals surface area contributed by atoms with Crippen LogP contribution in [0.5, 0.6) is 0 Å². The van der Waals surface area contributed by atoms with Crippen molar-refractivity contribution in [3.8, 4) is 11.3 Å². The lowest BCUT2D eigenvalue weighted by Gasteiger charge is -2.35. The molecule has 1 fully saturated rings. The van der Waals surface area contributed by atoms with E-state index in [1.807, 2.05) is 30.3 Å². The molecule has 1 aliphatic rings. The van der Waals surface area contributed by atoms with Crippen molar-refractivity contribution in [2.45, 2.75) is 25.0 Å². The van der Waals surface area contributed by atoms with Crippen LogP contribution in [0.4, 0.5) is 0 Å². The summed E-state index contributed by atoms with van der Waals surface area (Å²) < 4.78 is 9.98. The summed E-state index contributed by atoms with van der Waals surface area (Å²) >= 11 is 0. The van der Waals surface area contributed by atoms with E-state index in [2.05, 4.69) is 5.16 Å². The second-order valence-corrected chi connectivity index (χ2v) is 5.66. The average molecular weight is 330 g/mol. The van der Waals surface area contributed by atoms with Crippen LogP contribution in [0.15, 0.2) is 40.9 Å². The third-order valence-electron chi connectivity index (χ3n) is 4.10. The van der Waals surface area contributed by atoms with Gasteiger partial charge in [0, 0.05) is 24.6 Å². The molecule has 1 aromatic carbocycles. The van der Waals surface area contributed by atoms with Crippen LogP contribution in [0.2, 0.25) is 0 Å². The van der Waals surface area contributed by atoms with E-state index in [-0.39, 0.29) is 18.7 Å². The summed E-state index contributed by atoms with van der Waals surface area (Å²) in [7, 11) is 1.26. The molecule has 1 saturated heterocycles. The topological polar surface area (TPSA) is 92.9 Å². The van der Waals surface area contributed by atoms with Gasteiger partial charge in [0.2, 0.25) is 0 Å². The molecule has 0 radical (unpaired) electrons. The van der Waals surface area contributed by atoms with Crippen molar-refractivity contribution in [2.75, 3.05) is 13.7 Å². The standard InChI is InChI=1S/C17H18N2O5/c1-23-17(22)14-9-12(20)7-8-19(14)16(21)13-10-15(24-18-13)11-5-3-2-4-6-11/h2-6,10,12,14,20H,7-9H2,1H3/t12-,14+/m0/s1. The molecule has 1 amide bonds. The number of rotatable bonds is 3. The minimum Gasteiger partial charge on any atom is -0.467 e. The largest absolute Gasteiger partial charge is 0.467 e. The fourth-order valence-electron chi connectivity index (χ4n) is 2.81. The number of nitrogens with zero attached hydrogens (tertiary/aromatic N) is 2. The minimum atomic E-state index is -0.817. The number of likely N-dealkylation sites (tertiary alicyclic amines) is 1. The first-order valence-electron chi connectivity index (χ1n) is 7.69. The van der Waals surface area contributed by atoms with Crippen LogP contribution in [0.25, 0.3) is 11.3 Å². The highest BCUT2D eigenvalue weighted by molar-refractivity contribution is 5.96. The molecule has 1 aliphatic heterocycles. The Labute approximate surface area is 138 Å². The number of aromatic nitrogens is 1. The summed E-state index contributed by atoms with van der Waals surface area (Å²) in [6.45, 7) is 0.257. The summed E-state index contributed by atoms with van der Waals surface area (Å²) in [5.74, 6) is -0.484. The van der Waals surface area contributed by atoms with Gasteiger partial charge in [-0.05, 0) is 6.42 Å². The van der Waals surface area contributed by atoms with E-state index in [9.17, 15) is 14.7 Å². The van der Waals surface area contributed by atoms with Crippen molar-refractivity contribution >= 4 is 11.9 Å². The van der Waals surface area contributed by atoms with E-state index in [4.69, 9.17) is 9.26 Å². The Morgan fingerprint density at radius 3 is 2.79 bits per heavy atom. The van der Waals surface area contributed by atoms with Crippen molar-refractivity contribution in [1.29, 1.82) is 0 Å². The highest BCUT2D eigenvalue weighted by atomic mass is 16.5. The number of hydrogen-bond acceptors (Lipinski definition) is 6. The molecule has 1 aromatic heterocycles. The molecule has 0 saturated carbocycles. The smallest absolute Gasteiger partial charge is 0.328 e. The molecule has 3 rings (SSSR count). The van der Waals surface area contributed by atoms with Gasteiger partial charge in [-0.1, -0.05) is 35.5 Å². The third kappa shape index (κ3) is 3.16. The van der Waals surface area contributed by atoms with Gasteiger partial charge in [0.1, 0.15) is 6.04 Å². The van der Waals surface area contributed by atoms with Crippen LogP contribution in [0.1, 0.15) is 23.3 Å². The first-order chi connectivity index (χ1) is 11.6. The molecule has 126 valence electrons. The Morgan fingerprint density at radius 1 is 1.33 bits per heavy atom. The van der Waals surface area contributed by atoms with Gasteiger partial charge in [0.15, 0.2) is 11.5 Å². The lowest BCUT2D eigenvalue weighted by molar-refractivity contribution is -0.148. The molecule has 2 atom stereocenters. The van der Waals surface area contributed by atoms with Gasteiger partial charge in [-0.25, -0.2) is 4.79 Å². The number of amides is 1. The maximum atomic E-state index is 12.7. The second kappa shape index (κ2) is 6.84. The Bertz CT molecular complexity index is 728. The number of carbonyl (C=O) groups is 2. The van der Waals surface area contributed by atoms with Crippen LogP contribution in [0.3, 0.4) is 0 Å². The molecule has 0 bridgehead atoms. The molecular formula is C17H18N2O5. The fourth-order valence-corrected chi connectivity index (χ4v) is 2.81. The van der Waals surface area contributed by atoms with Crippen LogP contribution < -0.4 is 0 Å². The monoisotopic (exact) mass is 330 g/mol. The molecule has 2 aromatic rings. The summed E-state index contributed by atoms with van der Waals surface area (Å²) in [6.07, 6.45) is -0.0694. The summed E-state index contributed by atoms with van der Waals surface area (Å²) in [4.78, 5) is 26.0. The molecule has 24 heavy (non-hydrogen) atoms. The predicted octanol–water partition coefficient (Wildman–Crippen LogP) is 1.48. The third-order valence-corrected chi connectivity index (χ3v) is 4.10. The predicted molar refractivity (Wildman–Crippen MR) is 84.0 cm³/mol. The van der Waals surface area contributed by atoms with E-state index in [1.165, 1.54) is 12.0 Å². The molecule has 1 N–H and O–H groups in total. The Balaban J connectivity index is 1.83. The van der Waals surface area contributed by atoms with E-state index < -0.39 is 24.0 Å². The molecular weight excluding hydrogens is 312 g/mol. The molecule has 7 nitrogen and oxygen atoms in total. The SMILES string of the molecule is COC(=O)[C@H]1C[C@@H](O)CCN1C(=O)c1cc(-c2ccccc2)on1. The molecule has 2 heterocycles. The quantitative estimate of drug-likeness (QED) is 0.857. The zero-order valence-corrected chi connectivity index (χ0v) is 13.2. The van der Waals surface area contributed by atoms with Gasteiger partial charge >= 0.3 is 5.97 Å². The van der Waals surface area contributed by atoms with E-state index in [1.54, 1.807) is 6.07 Å². The summed E-state index contributed by atoms with van der Waals surface area (Å²) in [6, 6.07) is 10.0. The lowest BCUT2D eigenvalue weighted by Crippen LogP contribution is -2.51. The van der Waals surface area contributed by atoms with Gasteiger partial charge in [-0.2, -0.15) is 0 Å². The highest BCUT2D eigenvalue weighted by Crippen LogP contribution is 2.24. The molecule has 7 heteroatoms. The van der Waals surface area contributed by atoms with Gasteiger partial charge in [-0.15, -0.1) is 0 Å². The van der Waals surface area contributed by atoms with Gasteiger partial charge in [0.25, 0.3) is 5.91 Å². The van der Waals surface area contributed by atoms with Gasteiger partial charge in [0.05, 0.1) is 13.2 Å². The number of methoxy groups -OCH3 is 1. The maximum absolute atomic E-state index is 12.7. The number of benzene rings is 1. The normalized spacial score (nSPS) is 20.7. The van der Waals surface area contributed by atoms with E-state index >= 15 is 0 Å². The Hall–Kier alpha value is -2.67.